The number of piperidine rings is 1. The maximum Gasteiger partial charge on any atom is 0.225 e. The molecule has 1 aliphatic carbocycles. The van der Waals surface area contributed by atoms with Crippen molar-refractivity contribution in [2.24, 2.45) is 11.8 Å². The summed E-state index contributed by atoms with van der Waals surface area (Å²) in [4.78, 5) is 26.7. The van der Waals surface area contributed by atoms with Gasteiger partial charge in [0.25, 0.3) is 0 Å². The van der Waals surface area contributed by atoms with E-state index in [4.69, 9.17) is 4.74 Å². The average molecular weight is 358 g/mol. The summed E-state index contributed by atoms with van der Waals surface area (Å²) in [6.45, 7) is 4.73. The van der Waals surface area contributed by atoms with Gasteiger partial charge in [0.15, 0.2) is 0 Å². The van der Waals surface area contributed by atoms with Crippen LogP contribution in [0.1, 0.15) is 51.0 Å². The van der Waals surface area contributed by atoms with E-state index < -0.39 is 0 Å². The smallest absolute Gasteiger partial charge is 0.225 e. The van der Waals surface area contributed by atoms with E-state index >= 15 is 0 Å². The lowest BCUT2D eigenvalue weighted by atomic mass is 9.96. The van der Waals surface area contributed by atoms with Crippen molar-refractivity contribution in [3.05, 3.63) is 29.8 Å². The highest BCUT2D eigenvalue weighted by Gasteiger charge is 2.36. The predicted octanol–water partition coefficient (Wildman–Crippen LogP) is 3.13. The van der Waals surface area contributed by atoms with Crippen LogP contribution in [-0.2, 0) is 16.1 Å². The van der Waals surface area contributed by atoms with Gasteiger partial charge >= 0.3 is 0 Å². The molecule has 0 unspecified atom stereocenters. The van der Waals surface area contributed by atoms with Crippen LogP contribution in [0.2, 0.25) is 0 Å². The summed E-state index contributed by atoms with van der Waals surface area (Å²) >= 11 is 0. The largest absolute Gasteiger partial charge is 0.494 e. The molecule has 5 nitrogen and oxygen atoms in total. The molecular formula is C21H30N2O3. The zero-order chi connectivity index (χ0) is 18.4. The van der Waals surface area contributed by atoms with Gasteiger partial charge in [-0.15, -0.1) is 0 Å². The first-order valence-electron chi connectivity index (χ1n) is 9.95. The summed E-state index contributed by atoms with van der Waals surface area (Å²) in [5.74, 6) is 1.29. The molecule has 1 aliphatic heterocycles. The van der Waals surface area contributed by atoms with Gasteiger partial charge in [0.05, 0.1) is 12.5 Å². The number of benzene rings is 1. The summed E-state index contributed by atoms with van der Waals surface area (Å²) in [6.07, 6.45) is 5.96. The summed E-state index contributed by atoms with van der Waals surface area (Å²) in [7, 11) is 0. The third kappa shape index (κ3) is 5.23. The molecule has 1 aromatic carbocycles. The molecule has 0 bridgehead atoms. The van der Waals surface area contributed by atoms with Crippen molar-refractivity contribution in [3.63, 3.8) is 0 Å². The van der Waals surface area contributed by atoms with Crippen LogP contribution in [0.3, 0.4) is 0 Å². The fraction of sp³-hybridized carbons (Fsp3) is 0.619. The monoisotopic (exact) mass is 358 g/mol. The molecule has 2 amide bonds. The minimum absolute atomic E-state index is 0.0515. The number of hydrogen-bond donors (Lipinski definition) is 1. The third-order valence-electron chi connectivity index (χ3n) is 5.16. The van der Waals surface area contributed by atoms with Crippen molar-refractivity contribution in [1.29, 1.82) is 0 Å². The van der Waals surface area contributed by atoms with E-state index in [1.54, 1.807) is 0 Å². The van der Waals surface area contributed by atoms with E-state index in [1.807, 2.05) is 29.2 Å². The van der Waals surface area contributed by atoms with Gasteiger partial charge in [-0.25, -0.2) is 0 Å². The van der Waals surface area contributed by atoms with E-state index in [0.717, 1.165) is 63.0 Å². The van der Waals surface area contributed by atoms with Crippen LogP contribution in [0.5, 0.6) is 5.75 Å². The molecule has 26 heavy (non-hydrogen) atoms. The number of nitrogens with zero attached hydrogens (tertiary/aromatic N) is 1. The minimum atomic E-state index is -0.0876. The Balaban J connectivity index is 1.47. The van der Waals surface area contributed by atoms with Crippen LogP contribution >= 0.6 is 0 Å². The van der Waals surface area contributed by atoms with E-state index in [9.17, 15) is 9.59 Å². The first kappa shape index (κ1) is 18.7. The number of ether oxygens (including phenoxy) is 1. The zero-order valence-electron chi connectivity index (χ0n) is 15.7. The molecule has 2 fully saturated rings. The number of hydrogen-bond acceptors (Lipinski definition) is 3. The molecule has 1 saturated heterocycles. The predicted molar refractivity (Wildman–Crippen MR) is 101 cm³/mol. The summed E-state index contributed by atoms with van der Waals surface area (Å²) in [5, 5.41) is 3.04. The van der Waals surface area contributed by atoms with Gasteiger partial charge in [0.2, 0.25) is 11.8 Å². The second kappa shape index (κ2) is 9.06. The van der Waals surface area contributed by atoms with Gasteiger partial charge in [-0.1, -0.05) is 25.5 Å². The summed E-state index contributed by atoms with van der Waals surface area (Å²) < 4.78 is 5.72. The molecule has 3 rings (SSSR count). The molecule has 5 heteroatoms. The van der Waals surface area contributed by atoms with E-state index in [-0.39, 0.29) is 23.7 Å². The zero-order valence-corrected chi connectivity index (χ0v) is 15.7. The highest BCUT2D eigenvalue weighted by atomic mass is 16.5. The lowest BCUT2D eigenvalue weighted by Crippen LogP contribution is -2.45. The quantitative estimate of drug-likeness (QED) is 0.727. The van der Waals surface area contributed by atoms with Crippen LogP contribution < -0.4 is 10.1 Å². The van der Waals surface area contributed by atoms with Crippen molar-refractivity contribution in [2.45, 2.75) is 52.0 Å². The summed E-state index contributed by atoms with van der Waals surface area (Å²) in [6, 6.07) is 7.89. The number of likely N-dealkylation sites (tertiary alicyclic amines) is 1. The molecule has 142 valence electrons. The molecular weight excluding hydrogens is 328 g/mol. The van der Waals surface area contributed by atoms with Crippen molar-refractivity contribution >= 4 is 11.8 Å². The maximum absolute atomic E-state index is 12.5. The highest BCUT2D eigenvalue weighted by Crippen LogP contribution is 2.32. The molecule has 0 radical (unpaired) electrons. The molecule has 0 spiro atoms. The van der Waals surface area contributed by atoms with Gasteiger partial charge in [-0.05, 0) is 49.8 Å². The number of rotatable bonds is 8. The summed E-state index contributed by atoms with van der Waals surface area (Å²) in [5.41, 5.74) is 1.04. The van der Waals surface area contributed by atoms with Crippen molar-refractivity contribution in [3.8, 4) is 5.75 Å². The average Bonchev–Trinajstić information content (AvgIpc) is 3.51. The molecule has 0 aromatic heterocycles. The fourth-order valence-electron chi connectivity index (χ4n) is 3.39. The van der Waals surface area contributed by atoms with Crippen LogP contribution in [-0.4, -0.2) is 36.4 Å². The Kier molecular flexibility index (Phi) is 6.53. The lowest BCUT2D eigenvalue weighted by molar-refractivity contribution is -0.136. The Hall–Kier alpha value is -2.04. The number of nitrogens with one attached hydrogen (secondary N) is 1. The molecule has 1 N–H and O–H groups in total. The molecule has 1 heterocycles. The molecule has 2 aliphatic rings. The number of carbonyl (C=O) groups is 2. The van der Waals surface area contributed by atoms with Gasteiger partial charge < -0.3 is 15.0 Å². The fourth-order valence-corrected chi connectivity index (χ4v) is 3.39. The van der Waals surface area contributed by atoms with Crippen molar-refractivity contribution in [1.82, 2.24) is 10.2 Å². The van der Waals surface area contributed by atoms with Crippen LogP contribution in [0, 0.1) is 11.8 Å². The Morgan fingerprint density at radius 1 is 1.23 bits per heavy atom. The Labute approximate surface area is 156 Å². The van der Waals surface area contributed by atoms with E-state index in [2.05, 4.69) is 12.2 Å². The van der Waals surface area contributed by atoms with E-state index in [1.165, 1.54) is 0 Å². The standard InChI is InChI=1S/C21H30N2O3/c1-2-3-12-26-19-8-4-6-16(13-19)14-22-20(24)18-7-5-11-23(15-18)21(25)17-9-10-17/h4,6,8,13,17-18H,2-3,5,7,9-12,14-15H2,1H3,(H,22,24)/t18-/m0/s1. The topological polar surface area (TPSA) is 58.6 Å². The van der Waals surface area contributed by atoms with E-state index in [0.29, 0.717) is 13.1 Å². The Morgan fingerprint density at radius 3 is 2.85 bits per heavy atom. The molecule has 1 atom stereocenters. The first-order valence-corrected chi connectivity index (χ1v) is 9.95. The second-order valence-electron chi connectivity index (χ2n) is 7.46. The second-order valence-corrected chi connectivity index (χ2v) is 7.46. The van der Waals surface area contributed by atoms with Gasteiger partial charge in [0.1, 0.15) is 5.75 Å². The molecule has 1 aromatic rings. The van der Waals surface area contributed by atoms with Gasteiger partial charge in [-0.2, -0.15) is 0 Å². The SMILES string of the molecule is CCCCOc1cccc(CNC(=O)[C@H]2CCCN(C(=O)C3CC3)C2)c1. The van der Waals surface area contributed by atoms with Gasteiger partial charge in [-0.3, -0.25) is 9.59 Å². The van der Waals surface area contributed by atoms with Crippen molar-refractivity contribution < 1.29 is 14.3 Å². The van der Waals surface area contributed by atoms with Gasteiger partial charge in [0, 0.05) is 25.6 Å². The minimum Gasteiger partial charge on any atom is -0.494 e. The number of unbranched alkanes of at least 4 members (excludes halogenated alkanes) is 1. The first-order chi connectivity index (χ1) is 12.7. The van der Waals surface area contributed by atoms with Crippen LogP contribution in [0.4, 0.5) is 0 Å². The lowest BCUT2D eigenvalue weighted by Gasteiger charge is -2.32. The Bertz CT molecular complexity index is 627. The maximum atomic E-state index is 12.5. The molecule has 1 saturated carbocycles. The van der Waals surface area contributed by atoms with Crippen molar-refractivity contribution in [2.75, 3.05) is 19.7 Å². The third-order valence-corrected chi connectivity index (χ3v) is 5.16. The normalized spacial score (nSPS) is 19.9. The van der Waals surface area contributed by atoms with Crippen LogP contribution in [0.15, 0.2) is 24.3 Å². The van der Waals surface area contributed by atoms with Crippen LogP contribution in [0.25, 0.3) is 0 Å². The number of carbonyl (C=O) groups excluding carboxylic acids is 2. The number of amides is 2. The highest BCUT2D eigenvalue weighted by molar-refractivity contribution is 5.83. The Morgan fingerprint density at radius 2 is 2.08 bits per heavy atom.